The number of hydrogen-bond donors (Lipinski definition) is 4. The van der Waals surface area contributed by atoms with E-state index in [2.05, 4.69) is 53.1 Å². The summed E-state index contributed by atoms with van der Waals surface area (Å²) in [5.41, 5.74) is 2.56. The van der Waals surface area contributed by atoms with Crippen molar-refractivity contribution >= 4 is 125 Å². The van der Waals surface area contributed by atoms with Gasteiger partial charge in [0.05, 0.1) is 43.5 Å². The molecule has 0 aliphatic heterocycles. The van der Waals surface area contributed by atoms with Gasteiger partial charge in [0.1, 0.15) is 0 Å². The van der Waals surface area contributed by atoms with E-state index < -0.39 is 6.03 Å². The molecule has 0 unspecified atom stereocenters. The first-order chi connectivity index (χ1) is 27.3. The fourth-order valence-electron chi connectivity index (χ4n) is 3.35. The number of urea groups is 4. The summed E-state index contributed by atoms with van der Waals surface area (Å²) in [6.45, 7) is 0. The van der Waals surface area contributed by atoms with Crippen molar-refractivity contribution in [1.82, 2.24) is 20.3 Å². The van der Waals surface area contributed by atoms with Crippen LogP contribution in [0.4, 0.5) is 41.9 Å². The van der Waals surface area contributed by atoms with Crippen LogP contribution < -0.4 is 21.3 Å². The number of rotatable bonds is 8. The van der Waals surface area contributed by atoms with Crippen LogP contribution in [0.15, 0.2) is 93.9 Å². The number of amides is 8. The third-order valence-electron chi connectivity index (χ3n) is 6.77. The normalized spacial score (nSPS) is 9.76. The molecule has 316 valence electrons. The molecule has 0 atom stereocenters. The third kappa shape index (κ3) is 20.1. The van der Waals surface area contributed by atoms with Crippen LogP contribution in [0.1, 0.15) is 0 Å². The number of nitrogens with zero attached hydrogens (tertiary/aromatic N) is 4. The van der Waals surface area contributed by atoms with E-state index in [1.807, 2.05) is 12.1 Å². The van der Waals surface area contributed by atoms with E-state index in [1.54, 1.807) is 72.8 Å². The van der Waals surface area contributed by atoms with Crippen LogP contribution in [0, 0.1) is 0 Å². The van der Waals surface area contributed by atoms with Crippen molar-refractivity contribution in [2.45, 2.75) is 0 Å². The first kappa shape index (κ1) is 51.9. The van der Waals surface area contributed by atoms with Crippen LogP contribution >= 0.6 is 78.3 Å². The van der Waals surface area contributed by atoms with Gasteiger partial charge in [-0.25, -0.2) is 39.4 Å². The van der Waals surface area contributed by atoms with E-state index >= 15 is 0 Å². The van der Waals surface area contributed by atoms with Gasteiger partial charge in [-0.3, -0.25) is 19.4 Å². The highest BCUT2D eigenvalue weighted by Crippen LogP contribution is 2.26. The Bertz CT molecular complexity index is 1790. The molecule has 4 aromatic carbocycles. The number of anilines is 4. The highest BCUT2D eigenvalue weighted by Gasteiger charge is 2.11. The van der Waals surface area contributed by atoms with Gasteiger partial charge in [-0.2, -0.15) is 0 Å². The molecule has 4 aromatic rings. The Hall–Kier alpha value is -4.08. The van der Waals surface area contributed by atoms with Gasteiger partial charge in [0.15, 0.2) is 0 Å². The summed E-state index contributed by atoms with van der Waals surface area (Å²) in [4.78, 5) is 64.2. The van der Waals surface area contributed by atoms with Crippen molar-refractivity contribution in [3.8, 4) is 0 Å². The summed E-state index contributed by atoms with van der Waals surface area (Å²) in [6.07, 6.45) is 0. The molecule has 22 heteroatoms. The largest absolute Gasteiger partial charge is 0.345 e. The Balaban J connectivity index is 0.000000387. The van der Waals surface area contributed by atoms with Gasteiger partial charge in [0.2, 0.25) is 0 Å². The van der Waals surface area contributed by atoms with Crippen LogP contribution in [0.3, 0.4) is 0 Å². The third-order valence-corrected chi connectivity index (χ3v) is 9.52. The Morgan fingerprint density at radius 1 is 0.448 bits per heavy atom. The molecule has 0 spiro atoms. The molecular weight excluding hydrogens is 974 g/mol. The van der Waals surface area contributed by atoms with Crippen molar-refractivity contribution < 1.29 is 38.5 Å². The lowest BCUT2D eigenvalue weighted by Crippen LogP contribution is -2.30. The van der Waals surface area contributed by atoms with Gasteiger partial charge in [-0.05, 0) is 101 Å². The molecule has 4 rings (SSSR count). The van der Waals surface area contributed by atoms with Crippen molar-refractivity contribution in [2.75, 3.05) is 77.9 Å². The summed E-state index contributed by atoms with van der Waals surface area (Å²) in [5.74, 6) is 0. The predicted octanol–water partition coefficient (Wildman–Crippen LogP) is 11.0. The Morgan fingerprint density at radius 3 is 1.10 bits per heavy atom. The topological polar surface area (TPSA) is 166 Å². The van der Waals surface area contributed by atoms with E-state index in [-0.39, 0.29) is 18.1 Å². The van der Waals surface area contributed by atoms with Crippen molar-refractivity contribution in [3.05, 3.63) is 114 Å². The van der Waals surface area contributed by atoms with Crippen molar-refractivity contribution in [2.24, 2.45) is 0 Å². The molecule has 58 heavy (non-hydrogen) atoms. The molecule has 16 nitrogen and oxygen atoms in total. The van der Waals surface area contributed by atoms with E-state index in [0.717, 1.165) is 34.9 Å². The van der Waals surface area contributed by atoms with Crippen LogP contribution in [0.25, 0.3) is 0 Å². The predicted molar refractivity (Wildman–Crippen MR) is 236 cm³/mol. The second kappa shape index (κ2) is 27.6. The maximum Gasteiger partial charge on any atom is 0.345 e. The number of hydroxylamine groups is 8. The van der Waals surface area contributed by atoms with Gasteiger partial charge < -0.3 is 21.3 Å². The zero-order valence-corrected chi connectivity index (χ0v) is 38.6. The van der Waals surface area contributed by atoms with E-state index in [0.29, 0.717) is 37.2 Å². The molecule has 0 saturated heterocycles. The fraction of sp³-hybridized carbons (Fsp3) is 0.222. The molecular formula is C36H42Br2Cl4N8O8. The summed E-state index contributed by atoms with van der Waals surface area (Å²) in [5, 5.41) is 16.8. The van der Waals surface area contributed by atoms with Crippen LogP contribution in [0.5, 0.6) is 0 Å². The van der Waals surface area contributed by atoms with Crippen LogP contribution in [0.2, 0.25) is 20.1 Å². The Labute approximate surface area is 373 Å². The summed E-state index contributed by atoms with van der Waals surface area (Å²) in [6, 6.07) is 22.7. The maximum atomic E-state index is 11.4. The van der Waals surface area contributed by atoms with E-state index in [9.17, 15) is 19.2 Å². The zero-order chi connectivity index (χ0) is 43.9. The van der Waals surface area contributed by atoms with Gasteiger partial charge in [0.25, 0.3) is 0 Å². The minimum absolute atomic E-state index is 0.310. The minimum Gasteiger partial charge on any atom is -0.306 e. The second-order valence-corrected chi connectivity index (χ2v) is 14.1. The quantitative estimate of drug-likeness (QED) is 0.127. The van der Waals surface area contributed by atoms with Crippen LogP contribution in [-0.2, 0) is 19.4 Å². The molecule has 0 heterocycles. The Kier molecular flexibility index (Phi) is 24.7. The lowest BCUT2D eigenvalue weighted by Gasteiger charge is -2.14. The zero-order valence-electron chi connectivity index (χ0n) is 32.4. The molecule has 0 aromatic heterocycles. The fourth-order valence-corrected chi connectivity index (χ4v) is 4.47. The van der Waals surface area contributed by atoms with E-state index in [4.69, 9.17) is 65.8 Å². The smallest absolute Gasteiger partial charge is 0.306 e. The highest BCUT2D eigenvalue weighted by molar-refractivity contribution is 9.10. The number of carbonyl (C=O) groups excluding carboxylic acids is 4. The molecule has 0 aliphatic carbocycles. The molecule has 0 fully saturated rings. The molecule has 0 saturated carbocycles. The molecule has 8 amide bonds. The molecule has 4 N–H and O–H groups in total. The number of carbonyl (C=O) groups is 4. The van der Waals surface area contributed by atoms with Crippen molar-refractivity contribution in [3.63, 3.8) is 0 Å². The number of halogens is 6. The summed E-state index contributed by atoms with van der Waals surface area (Å²) >= 11 is 29.6. The SMILES string of the molecule is CON(C)C(=O)Nc1ccc(Br)c(Cl)c1.CON(C)C(=O)Nc1ccc(Br)cc1.CON(C)C(=O)Nc1ccc(Cl)c(Cl)c1.CON(C)C(=O)Nc1ccc(Cl)cc1. The van der Waals surface area contributed by atoms with Gasteiger partial charge in [-0.15, -0.1) is 0 Å². The molecule has 0 aliphatic rings. The van der Waals surface area contributed by atoms with Gasteiger partial charge >= 0.3 is 24.1 Å². The second-order valence-electron chi connectivity index (χ2n) is 10.7. The van der Waals surface area contributed by atoms with Crippen LogP contribution in [-0.4, -0.2) is 101 Å². The number of nitrogens with one attached hydrogen (secondary N) is 4. The molecule has 0 radical (unpaired) electrons. The van der Waals surface area contributed by atoms with Gasteiger partial charge in [0, 0.05) is 64.9 Å². The lowest BCUT2D eigenvalue weighted by molar-refractivity contribution is -0.0598. The van der Waals surface area contributed by atoms with Gasteiger partial charge in [-0.1, -0.05) is 62.3 Å². The Morgan fingerprint density at radius 2 is 0.759 bits per heavy atom. The highest BCUT2D eigenvalue weighted by atomic mass is 79.9. The summed E-state index contributed by atoms with van der Waals surface area (Å²) in [7, 11) is 11.7. The maximum absolute atomic E-state index is 11.4. The first-order valence-electron chi connectivity index (χ1n) is 16.1. The summed E-state index contributed by atoms with van der Waals surface area (Å²) < 4.78 is 1.75. The standard InChI is InChI=1S/C9H10BrClN2O2.C9H11BrN2O2.C9H10Cl2N2O2.C9H11ClN2O2/c1-13(15-2)9(14)12-6-3-4-7(10)8(11)5-6;1-12(14-2)9(13)11-8-5-3-7(10)4-6-8;1-13(15-2)9(14)12-6-3-4-7(10)8(11)5-6;1-12(14-2)9(13)11-8-5-3-7(10)4-6-8/h3-5H,1-2H3,(H,12,14);3-6H,1-2H3,(H,11,13);3-5H,1-2H3,(H,12,14);3-6H,1-2H3,(H,11,13). The molecule has 0 bridgehead atoms. The average Bonchev–Trinajstić information content (AvgIpc) is 3.21. The monoisotopic (exact) mass is 1010 g/mol. The minimum atomic E-state index is -0.393. The number of benzene rings is 4. The van der Waals surface area contributed by atoms with E-state index in [1.165, 1.54) is 56.6 Å². The average molecular weight is 1020 g/mol. The first-order valence-corrected chi connectivity index (χ1v) is 19.2. The van der Waals surface area contributed by atoms with Crippen molar-refractivity contribution in [1.29, 1.82) is 0 Å². The number of hydrogen-bond acceptors (Lipinski definition) is 8. The lowest BCUT2D eigenvalue weighted by atomic mass is 10.3.